The van der Waals surface area contributed by atoms with Crippen molar-refractivity contribution in [3.8, 4) is 11.1 Å². The summed E-state index contributed by atoms with van der Waals surface area (Å²) in [6, 6.07) is 24.3. The van der Waals surface area contributed by atoms with Gasteiger partial charge in [-0.25, -0.2) is 4.98 Å². The number of rotatable bonds is 5. The van der Waals surface area contributed by atoms with Crippen LogP contribution in [0.15, 0.2) is 96.0 Å². The summed E-state index contributed by atoms with van der Waals surface area (Å²) in [6.45, 7) is 1.19. The molecule has 0 radical (unpaired) electrons. The number of nitrogens with zero attached hydrogens (tertiary/aromatic N) is 3. The SMILES string of the molecule is N=c1c2c(-c3ccccc3)cn(Cc3ccccc3)c2ncn1Cc1ccco1. The molecule has 0 fully saturated rings. The fourth-order valence-corrected chi connectivity index (χ4v) is 3.67. The number of nitrogens with one attached hydrogen (secondary N) is 1. The van der Waals surface area contributed by atoms with Gasteiger partial charge in [-0.15, -0.1) is 0 Å². The molecule has 0 saturated carbocycles. The van der Waals surface area contributed by atoms with Crippen LogP contribution < -0.4 is 5.49 Å². The Morgan fingerprint density at radius 3 is 2.31 bits per heavy atom. The second kappa shape index (κ2) is 7.28. The topological polar surface area (TPSA) is 59.7 Å². The zero-order valence-electron chi connectivity index (χ0n) is 15.8. The van der Waals surface area contributed by atoms with E-state index in [4.69, 9.17) is 14.8 Å². The van der Waals surface area contributed by atoms with Crippen LogP contribution in [0.4, 0.5) is 0 Å². The average Bonchev–Trinajstić information content (AvgIpc) is 3.40. The first-order valence-corrected chi connectivity index (χ1v) is 9.54. The fourth-order valence-electron chi connectivity index (χ4n) is 3.67. The molecule has 29 heavy (non-hydrogen) atoms. The summed E-state index contributed by atoms with van der Waals surface area (Å²) in [5.41, 5.74) is 4.54. The Balaban J connectivity index is 1.69. The van der Waals surface area contributed by atoms with Crippen molar-refractivity contribution in [1.29, 1.82) is 5.41 Å². The van der Waals surface area contributed by atoms with Crippen molar-refractivity contribution in [2.45, 2.75) is 13.1 Å². The Labute approximate surface area is 168 Å². The third-order valence-corrected chi connectivity index (χ3v) is 5.08. The van der Waals surface area contributed by atoms with Gasteiger partial charge in [0.05, 0.1) is 24.5 Å². The van der Waals surface area contributed by atoms with E-state index < -0.39 is 0 Å². The second-order valence-corrected chi connectivity index (χ2v) is 7.02. The van der Waals surface area contributed by atoms with Crippen molar-refractivity contribution in [1.82, 2.24) is 14.1 Å². The molecular formula is C24H20N4O. The minimum atomic E-state index is 0.428. The van der Waals surface area contributed by atoms with Gasteiger partial charge in [0.15, 0.2) is 0 Å². The molecule has 5 nitrogen and oxygen atoms in total. The van der Waals surface area contributed by atoms with Gasteiger partial charge in [0, 0.05) is 18.3 Å². The second-order valence-electron chi connectivity index (χ2n) is 7.02. The molecule has 0 unspecified atom stereocenters. The molecule has 0 aliphatic heterocycles. The van der Waals surface area contributed by atoms with Gasteiger partial charge in [-0.1, -0.05) is 60.7 Å². The van der Waals surface area contributed by atoms with Gasteiger partial charge in [-0.05, 0) is 23.3 Å². The molecule has 5 aromatic rings. The van der Waals surface area contributed by atoms with Gasteiger partial charge in [0.25, 0.3) is 0 Å². The van der Waals surface area contributed by atoms with E-state index in [-0.39, 0.29) is 0 Å². The maximum absolute atomic E-state index is 8.89. The summed E-state index contributed by atoms with van der Waals surface area (Å²) >= 11 is 0. The number of fused-ring (bicyclic) bond motifs is 1. The average molecular weight is 380 g/mol. The highest BCUT2D eigenvalue weighted by molar-refractivity contribution is 5.93. The Morgan fingerprint density at radius 1 is 0.828 bits per heavy atom. The third kappa shape index (κ3) is 3.27. The predicted molar refractivity (Wildman–Crippen MR) is 112 cm³/mol. The molecular weight excluding hydrogens is 360 g/mol. The Bertz CT molecular complexity index is 1300. The molecule has 1 N–H and O–H groups in total. The highest BCUT2D eigenvalue weighted by Gasteiger charge is 2.15. The molecule has 142 valence electrons. The Morgan fingerprint density at radius 2 is 1.59 bits per heavy atom. The number of benzene rings is 2. The molecule has 3 aromatic heterocycles. The lowest BCUT2D eigenvalue weighted by molar-refractivity contribution is 0.486. The molecule has 5 rings (SSSR count). The van der Waals surface area contributed by atoms with Crippen molar-refractivity contribution >= 4 is 11.0 Å². The molecule has 0 spiro atoms. The summed E-state index contributed by atoms with van der Waals surface area (Å²) in [5.74, 6) is 0.801. The van der Waals surface area contributed by atoms with E-state index in [2.05, 4.69) is 35.0 Å². The van der Waals surface area contributed by atoms with Gasteiger partial charge in [-0.2, -0.15) is 0 Å². The van der Waals surface area contributed by atoms with Crippen LogP contribution in [0.3, 0.4) is 0 Å². The van der Waals surface area contributed by atoms with Crippen LogP contribution in [0.5, 0.6) is 0 Å². The van der Waals surface area contributed by atoms with Gasteiger partial charge in [0.2, 0.25) is 0 Å². The van der Waals surface area contributed by atoms with E-state index in [1.807, 2.05) is 53.1 Å². The third-order valence-electron chi connectivity index (χ3n) is 5.08. The molecule has 0 bridgehead atoms. The zero-order chi connectivity index (χ0) is 19.6. The quantitative estimate of drug-likeness (QED) is 0.481. The molecule has 2 aromatic carbocycles. The highest BCUT2D eigenvalue weighted by atomic mass is 16.3. The van der Waals surface area contributed by atoms with Crippen LogP contribution in [-0.2, 0) is 13.1 Å². The minimum absolute atomic E-state index is 0.428. The molecule has 3 heterocycles. The minimum Gasteiger partial charge on any atom is -0.467 e. The summed E-state index contributed by atoms with van der Waals surface area (Å²) in [4.78, 5) is 4.73. The van der Waals surface area contributed by atoms with Crippen LogP contribution in [0.2, 0.25) is 0 Å². The highest BCUT2D eigenvalue weighted by Crippen LogP contribution is 2.28. The van der Waals surface area contributed by atoms with Crippen LogP contribution in [0.25, 0.3) is 22.2 Å². The van der Waals surface area contributed by atoms with Crippen LogP contribution >= 0.6 is 0 Å². The van der Waals surface area contributed by atoms with Crippen molar-refractivity contribution in [3.05, 3.63) is 108 Å². The lowest BCUT2D eigenvalue weighted by Gasteiger charge is -2.08. The first kappa shape index (κ1) is 17.3. The first-order valence-electron chi connectivity index (χ1n) is 9.54. The van der Waals surface area contributed by atoms with E-state index in [1.165, 1.54) is 5.56 Å². The predicted octanol–water partition coefficient (Wildman–Crippen LogP) is 4.67. The number of furan rings is 1. The summed E-state index contributed by atoms with van der Waals surface area (Å²) in [5, 5.41) is 9.74. The fraction of sp³-hybridized carbons (Fsp3) is 0.0833. The standard InChI is InChI=1S/C24H20N4O/c25-23-22-21(19-10-5-2-6-11-19)16-27(14-18-8-3-1-4-9-18)24(22)26-17-28(23)15-20-12-7-13-29-20/h1-13,16-17,25H,14-15H2. The van der Waals surface area contributed by atoms with Gasteiger partial charge >= 0.3 is 0 Å². The van der Waals surface area contributed by atoms with E-state index in [9.17, 15) is 0 Å². The van der Waals surface area contributed by atoms with Gasteiger partial charge < -0.3 is 13.6 Å². The zero-order valence-corrected chi connectivity index (χ0v) is 15.8. The van der Waals surface area contributed by atoms with Crippen LogP contribution in [0, 0.1) is 5.41 Å². The molecule has 0 aliphatic rings. The maximum atomic E-state index is 8.89. The first-order chi connectivity index (χ1) is 14.3. The summed E-state index contributed by atoms with van der Waals surface area (Å²) in [7, 11) is 0. The Hall–Kier alpha value is -3.86. The molecule has 0 amide bonds. The van der Waals surface area contributed by atoms with Crippen molar-refractivity contribution in [2.75, 3.05) is 0 Å². The van der Waals surface area contributed by atoms with Gasteiger partial charge in [0.1, 0.15) is 16.9 Å². The lowest BCUT2D eigenvalue weighted by atomic mass is 10.1. The normalized spacial score (nSPS) is 11.2. The molecule has 0 atom stereocenters. The number of hydrogen-bond acceptors (Lipinski definition) is 3. The lowest BCUT2D eigenvalue weighted by Crippen LogP contribution is -2.21. The van der Waals surface area contributed by atoms with E-state index in [1.54, 1.807) is 12.6 Å². The maximum Gasteiger partial charge on any atom is 0.146 e. The molecule has 0 saturated heterocycles. The smallest absolute Gasteiger partial charge is 0.146 e. The summed E-state index contributed by atoms with van der Waals surface area (Å²) in [6.07, 6.45) is 5.48. The van der Waals surface area contributed by atoms with Crippen LogP contribution in [-0.4, -0.2) is 14.1 Å². The Kier molecular flexibility index (Phi) is 4.33. The number of aromatic nitrogens is 3. The van der Waals surface area contributed by atoms with Crippen molar-refractivity contribution in [3.63, 3.8) is 0 Å². The van der Waals surface area contributed by atoms with E-state index in [0.717, 1.165) is 27.9 Å². The number of hydrogen-bond donors (Lipinski definition) is 1. The molecule has 0 aliphatic carbocycles. The monoisotopic (exact) mass is 380 g/mol. The van der Waals surface area contributed by atoms with E-state index >= 15 is 0 Å². The largest absolute Gasteiger partial charge is 0.467 e. The van der Waals surface area contributed by atoms with Crippen molar-refractivity contribution in [2.24, 2.45) is 0 Å². The molecule has 5 heteroatoms. The van der Waals surface area contributed by atoms with Gasteiger partial charge in [-0.3, -0.25) is 5.41 Å². The van der Waals surface area contributed by atoms with E-state index in [0.29, 0.717) is 18.6 Å². The van der Waals surface area contributed by atoms with Crippen molar-refractivity contribution < 1.29 is 4.42 Å². The van der Waals surface area contributed by atoms with Crippen LogP contribution in [0.1, 0.15) is 11.3 Å². The summed E-state index contributed by atoms with van der Waals surface area (Å²) < 4.78 is 9.41.